The summed E-state index contributed by atoms with van der Waals surface area (Å²) in [6.07, 6.45) is -1.75. The van der Waals surface area contributed by atoms with Crippen molar-refractivity contribution >= 4 is 6.29 Å². The molecule has 0 aliphatic carbocycles. The Morgan fingerprint density at radius 3 is 2.62 bits per heavy atom. The van der Waals surface area contributed by atoms with E-state index < -0.39 is 18.0 Å². The van der Waals surface area contributed by atoms with Gasteiger partial charge < -0.3 is 15.9 Å². The van der Waals surface area contributed by atoms with Gasteiger partial charge >= 0.3 is 0 Å². The van der Waals surface area contributed by atoms with Gasteiger partial charge in [-0.1, -0.05) is 12.1 Å². The van der Waals surface area contributed by atoms with E-state index in [1.807, 2.05) is 0 Å². The number of hydrogen-bond donors (Lipinski definition) is 3. The first-order valence-electron chi connectivity index (χ1n) is 4.91. The van der Waals surface area contributed by atoms with E-state index in [4.69, 9.17) is 5.73 Å². The second-order valence-electron chi connectivity index (χ2n) is 3.49. The number of nitrogens with two attached hydrogens (primary N) is 1. The van der Waals surface area contributed by atoms with Gasteiger partial charge in [0.25, 0.3) is 0 Å². The molecule has 0 saturated carbocycles. The predicted octanol–water partition coefficient (Wildman–Crippen LogP) is 0.381. The molecule has 0 aliphatic heterocycles. The highest BCUT2D eigenvalue weighted by Crippen LogP contribution is 2.22. The van der Waals surface area contributed by atoms with Crippen LogP contribution in [0.15, 0.2) is 18.2 Å². The molecule has 5 heteroatoms. The summed E-state index contributed by atoms with van der Waals surface area (Å²) in [7, 11) is 0. The van der Waals surface area contributed by atoms with Gasteiger partial charge in [0.05, 0.1) is 6.10 Å². The molecule has 1 aromatic rings. The SMILES string of the molecule is NCCC(O)C(O)c1ccc(C=O)cc1F. The van der Waals surface area contributed by atoms with E-state index in [1.54, 1.807) is 0 Å². The standard InChI is InChI=1S/C11H14FNO3/c12-9-5-7(6-14)1-2-8(9)11(16)10(15)3-4-13/h1-2,5-6,10-11,15-16H,3-4,13H2. The lowest BCUT2D eigenvalue weighted by Crippen LogP contribution is -2.22. The maximum absolute atomic E-state index is 13.4. The molecule has 0 amide bonds. The van der Waals surface area contributed by atoms with Gasteiger partial charge in [0.1, 0.15) is 18.2 Å². The molecule has 1 rings (SSSR count). The Balaban J connectivity index is 2.91. The number of aliphatic hydroxyl groups is 2. The highest BCUT2D eigenvalue weighted by Gasteiger charge is 2.20. The zero-order chi connectivity index (χ0) is 12.1. The average Bonchev–Trinajstić information content (AvgIpc) is 2.28. The van der Waals surface area contributed by atoms with Crippen LogP contribution in [-0.2, 0) is 0 Å². The van der Waals surface area contributed by atoms with E-state index in [2.05, 4.69) is 0 Å². The lowest BCUT2D eigenvalue weighted by atomic mass is 10.0. The van der Waals surface area contributed by atoms with Crippen molar-refractivity contribution < 1.29 is 19.4 Å². The third-order valence-electron chi connectivity index (χ3n) is 2.31. The van der Waals surface area contributed by atoms with E-state index in [0.717, 1.165) is 6.07 Å². The molecule has 0 fully saturated rings. The zero-order valence-electron chi connectivity index (χ0n) is 8.64. The van der Waals surface area contributed by atoms with Crippen LogP contribution in [0, 0.1) is 5.82 Å². The smallest absolute Gasteiger partial charge is 0.150 e. The van der Waals surface area contributed by atoms with Crippen LogP contribution in [0.1, 0.15) is 28.4 Å². The highest BCUT2D eigenvalue weighted by atomic mass is 19.1. The first-order valence-corrected chi connectivity index (χ1v) is 4.91. The Morgan fingerprint density at radius 2 is 2.12 bits per heavy atom. The molecule has 0 bridgehead atoms. The number of rotatable bonds is 5. The number of benzene rings is 1. The topological polar surface area (TPSA) is 83.6 Å². The number of carbonyl (C=O) groups is 1. The second-order valence-corrected chi connectivity index (χ2v) is 3.49. The molecule has 2 unspecified atom stereocenters. The van der Waals surface area contributed by atoms with Crippen LogP contribution in [-0.4, -0.2) is 29.1 Å². The van der Waals surface area contributed by atoms with E-state index in [-0.39, 0.29) is 24.1 Å². The van der Waals surface area contributed by atoms with Crippen LogP contribution >= 0.6 is 0 Å². The zero-order valence-corrected chi connectivity index (χ0v) is 8.64. The molecular formula is C11H14FNO3. The van der Waals surface area contributed by atoms with Crippen LogP contribution in [0.2, 0.25) is 0 Å². The molecule has 0 saturated heterocycles. The summed E-state index contributed by atoms with van der Waals surface area (Å²) in [6.45, 7) is 0.201. The van der Waals surface area contributed by atoms with Gasteiger partial charge in [0.2, 0.25) is 0 Å². The monoisotopic (exact) mass is 227 g/mol. The van der Waals surface area contributed by atoms with E-state index in [9.17, 15) is 19.4 Å². The number of carbonyl (C=O) groups excluding carboxylic acids is 1. The molecule has 0 spiro atoms. The minimum Gasteiger partial charge on any atom is -0.390 e. The summed E-state index contributed by atoms with van der Waals surface area (Å²) in [5.41, 5.74) is 5.36. The molecule has 0 radical (unpaired) electrons. The van der Waals surface area contributed by atoms with Crippen LogP contribution in [0.5, 0.6) is 0 Å². The van der Waals surface area contributed by atoms with Crippen LogP contribution < -0.4 is 5.73 Å². The lowest BCUT2D eigenvalue weighted by Gasteiger charge is -2.18. The van der Waals surface area contributed by atoms with Crippen molar-refractivity contribution in [1.29, 1.82) is 0 Å². The molecule has 0 heterocycles. The third-order valence-corrected chi connectivity index (χ3v) is 2.31. The Morgan fingerprint density at radius 1 is 1.44 bits per heavy atom. The Labute approximate surface area is 92.5 Å². The van der Waals surface area contributed by atoms with Gasteiger partial charge in [-0.05, 0) is 19.0 Å². The van der Waals surface area contributed by atoms with Gasteiger partial charge in [-0.2, -0.15) is 0 Å². The van der Waals surface area contributed by atoms with Crippen LogP contribution in [0.3, 0.4) is 0 Å². The molecule has 0 aliphatic rings. The number of aldehydes is 1. The fourth-order valence-corrected chi connectivity index (χ4v) is 1.39. The molecule has 4 nitrogen and oxygen atoms in total. The fraction of sp³-hybridized carbons (Fsp3) is 0.364. The molecule has 88 valence electrons. The number of halogens is 1. The summed E-state index contributed by atoms with van der Waals surface area (Å²) >= 11 is 0. The quantitative estimate of drug-likeness (QED) is 0.635. The van der Waals surface area contributed by atoms with Crippen molar-refractivity contribution in [2.45, 2.75) is 18.6 Å². The number of aliphatic hydroxyl groups excluding tert-OH is 2. The summed E-state index contributed by atoms with van der Waals surface area (Å²) in [5.74, 6) is -0.715. The maximum atomic E-state index is 13.4. The molecule has 16 heavy (non-hydrogen) atoms. The molecule has 4 N–H and O–H groups in total. The summed E-state index contributed by atoms with van der Waals surface area (Å²) < 4.78 is 13.4. The minimum absolute atomic E-state index is 0.0356. The van der Waals surface area contributed by atoms with Crippen LogP contribution in [0.25, 0.3) is 0 Å². The molecule has 1 aromatic carbocycles. The van der Waals surface area contributed by atoms with E-state index in [0.29, 0.717) is 6.29 Å². The van der Waals surface area contributed by atoms with Gasteiger partial charge in [0.15, 0.2) is 0 Å². The van der Waals surface area contributed by atoms with Crippen molar-refractivity contribution in [2.24, 2.45) is 5.73 Å². The molecular weight excluding hydrogens is 213 g/mol. The highest BCUT2D eigenvalue weighted by molar-refractivity contribution is 5.74. The minimum atomic E-state index is -1.33. The largest absolute Gasteiger partial charge is 0.390 e. The van der Waals surface area contributed by atoms with Crippen molar-refractivity contribution in [1.82, 2.24) is 0 Å². The predicted molar refractivity (Wildman–Crippen MR) is 56.4 cm³/mol. The van der Waals surface area contributed by atoms with Crippen molar-refractivity contribution in [2.75, 3.05) is 6.54 Å². The Kier molecular flexibility index (Phi) is 4.54. The Bertz CT molecular complexity index is 370. The van der Waals surface area contributed by atoms with E-state index in [1.165, 1.54) is 12.1 Å². The summed E-state index contributed by atoms with van der Waals surface area (Å²) in [4.78, 5) is 10.4. The first-order chi connectivity index (χ1) is 7.60. The Hall–Kier alpha value is -1.30. The lowest BCUT2D eigenvalue weighted by molar-refractivity contribution is 0.0130. The normalized spacial score (nSPS) is 14.5. The second kappa shape index (κ2) is 5.69. The maximum Gasteiger partial charge on any atom is 0.150 e. The third kappa shape index (κ3) is 2.85. The van der Waals surface area contributed by atoms with Crippen LogP contribution in [0.4, 0.5) is 4.39 Å². The molecule has 2 atom stereocenters. The average molecular weight is 227 g/mol. The summed E-state index contributed by atoms with van der Waals surface area (Å²) in [5, 5.41) is 19.1. The van der Waals surface area contributed by atoms with E-state index >= 15 is 0 Å². The first kappa shape index (κ1) is 12.8. The van der Waals surface area contributed by atoms with Gasteiger partial charge in [-0.25, -0.2) is 4.39 Å². The van der Waals surface area contributed by atoms with Gasteiger partial charge in [-0.15, -0.1) is 0 Å². The fourth-order valence-electron chi connectivity index (χ4n) is 1.39. The van der Waals surface area contributed by atoms with Gasteiger partial charge in [0, 0.05) is 11.1 Å². The van der Waals surface area contributed by atoms with Crippen molar-refractivity contribution in [3.8, 4) is 0 Å². The van der Waals surface area contributed by atoms with Crippen molar-refractivity contribution in [3.63, 3.8) is 0 Å². The summed E-state index contributed by atoms with van der Waals surface area (Å²) in [6, 6.07) is 3.67. The van der Waals surface area contributed by atoms with Crippen molar-refractivity contribution in [3.05, 3.63) is 35.1 Å². The van der Waals surface area contributed by atoms with Gasteiger partial charge in [-0.3, -0.25) is 4.79 Å². The number of hydrogen-bond acceptors (Lipinski definition) is 4. The molecule has 0 aromatic heterocycles.